The van der Waals surface area contributed by atoms with E-state index in [0.29, 0.717) is 12.1 Å². The minimum atomic E-state index is -0.368. The lowest BCUT2D eigenvalue weighted by Crippen LogP contribution is -2.39. The fraction of sp³-hybridized carbons (Fsp3) is 0.538. The van der Waals surface area contributed by atoms with E-state index in [4.69, 9.17) is 4.74 Å². The van der Waals surface area contributed by atoms with Crippen molar-refractivity contribution in [2.75, 3.05) is 25.5 Å². The average molecular weight is 251 g/mol. The molecule has 1 heterocycles. The van der Waals surface area contributed by atoms with Crippen LogP contribution in [0.2, 0.25) is 0 Å². The number of methoxy groups -OCH3 is 1. The largest absolute Gasteiger partial charge is 0.377 e. The first-order valence-corrected chi connectivity index (χ1v) is 6.02. The van der Waals surface area contributed by atoms with Crippen molar-refractivity contribution < 1.29 is 9.53 Å². The molecular formula is C13H21N3O2. The highest BCUT2D eigenvalue weighted by Gasteiger charge is 2.17. The van der Waals surface area contributed by atoms with Crippen LogP contribution in [0.5, 0.6) is 0 Å². The van der Waals surface area contributed by atoms with Crippen molar-refractivity contribution >= 4 is 11.7 Å². The van der Waals surface area contributed by atoms with Gasteiger partial charge in [0, 0.05) is 26.4 Å². The number of nitrogens with zero attached hydrogens (tertiary/aromatic N) is 1. The van der Waals surface area contributed by atoms with E-state index in [1.165, 1.54) is 0 Å². The Morgan fingerprint density at radius 1 is 1.44 bits per heavy atom. The van der Waals surface area contributed by atoms with Crippen molar-refractivity contribution in [3.8, 4) is 0 Å². The highest BCUT2D eigenvalue weighted by atomic mass is 16.5. The predicted molar refractivity (Wildman–Crippen MR) is 71.8 cm³/mol. The number of amides is 1. The van der Waals surface area contributed by atoms with Gasteiger partial charge in [-0.1, -0.05) is 0 Å². The average Bonchev–Trinajstić information content (AvgIpc) is 2.37. The Morgan fingerprint density at radius 3 is 2.67 bits per heavy atom. The molecule has 0 fully saturated rings. The molecule has 18 heavy (non-hydrogen) atoms. The Kier molecular flexibility index (Phi) is 5.09. The van der Waals surface area contributed by atoms with Gasteiger partial charge in [0.25, 0.3) is 5.91 Å². The molecule has 0 saturated carbocycles. The second kappa shape index (κ2) is 6.35. The van der Waals surface area contributed by atoms with E-state index < -0.39 is 0 Å². The van der Waals surface area contributed by atoms with Crippen LogP contribution in [0, 0.1) is 0 Å². The van der Waals surface area contributed by atoms with Gasteiger partial charge in [0.2, 0.25) is 0 Å². The number of anilines is 1. The minimum Gasteiger partial charge on any atom is -0.377 e. The Balaban J connectivity index is 2.56. The third-order valence-corrected chi connectivity index (χ3v) is 2.61. The smallest absolute Gasteiger partial charge is 0.252 e. The number of hydrogen-bond donors (Lipinski definition) is 2. The molecule has 5 nitrogen and oxygen atoms in total. The lowest BCUT2D eigenvalue weighted by Gasteiger charge is -2.23. The zero-order valence-electron chi connectivity index (χ0n) is 11.4. The van der Waals surface area contributed by atoms with Crippen molar-refractivity contribution in [3.05, 3.63) is 23.9 Å². The molecule has 0 spiro atoms. The quantitative estimate of drug-likeness (QED) is 0.807. The number of ether oxygens (including phenoxy) is 1. The maximum Gasteiger partial charge on any atom is 0.252 e. The van der Waals surface area contributed by atoms with E-state index in [1.54, 1.807) is 25.4 Å². The van der Waals surface area contributed by atoms with Crippen molar-refractivity contribution in [3.63, 3.8) is 0 Å². The molecule has 0 atom stereocenters. The van der Waals surface area contributed by atoms with Gasteiger partial charge in [-0.2, -0.15) is 0 Å². The highest BCUT2D eigenvalue weighted by molar-refractivity contribution is 5.94. The van der Waals surface area contributed by atoms with Crippen molar-refractivity contribution in [2.45, 2.75) is 26.4 Å². The fourth-order valence-corrected chi connectivity index (χ4v) is 1.28. The van der Waals surface area contributed by atoms with Crippen LogP contribution in [-0.2, 0) is 4.74 Å². The number of carbonyl (C=O) groups excluding carboxylic acids is 1. The Bertz CT molecular complexity index is 388. The first-order chi connectivity index (χ1) is 8.48. The summed E-state index contributed by atoms with van der Waals surface area (Å²) < 4.78 is 5.23. The molecule has 0 aliphatic rings. The predicted octanol–water partition coefficient (Wildman–Crippen LogP) is 1.67. The molecular weight excluding hydrogens is 230 g/mol. The van der Waals surface area contributed by atoms with Gasteiger partial charge in [-0.3, -0.25) is 4.79 Å². The second-order valence-electron chi connectivity index (χ2n) is 4.61. The summed E-state index contributed by atoms with van der Waals surface area (Å²) in [5, 5.41) is 5.89. The third kappa shape index (κ3) is 4.33. The van der Waals surface area contributed by atoms with Crippen LogP contribution in [-0.4, -0.2) is 36.7 Å². The van der Waals surface area contributed by atoms with E-state index >= 15 is 0 Å². The van der Waals surface area contributed by atoms with Gasteiger partial charge in [-0.25, -0.2) is 4.98 Å². The van der Waals surface area contributed by atoms with Gasteiger partial charge < -0.3 is 15.4 Å². The number of hydrogen-bond acceptors (Lipinski definition) is 4. The van der Waals surface area contributed by atoms with Crippen molar-refractivity contribution in [1.29, 1.82) is 0 Å². The Labute approximate surface area is 108 Å². The summed E-state index contributed by atoms with van der Waals surface area (Å²) in [7, 11) is 1.62. The molecule has 100 valence electrons. The lowest BCUT2D eigenvalue weighted by molar-refractivity contribution is 0.0228. The highest BCUT2D eigenvalue weighted by Crippen LogP contribution is 2.07. The summed E-state index contributed by atoms with van der Waals surface area (Å²) in [6.45, 7) is 7.09. The molecule has 5 heteroatoms. The fourth-order valence-electron chi connectivity index (χ4n) is 1.28. The van der Waals surface area contributed by atoms with Crippen LogP contribution >= 0.6 is 0 Å². The molecule has 0 bridgehead atoms. The first-order valence-electron chi connectivity index (χ1n) is 6.02. The molecule has 1 amide bonds. The van der Waals surface area contributed by atoms with Gasteiger partial charge in [0.1, 0.15) is 5.82 Å². The number of rotatable bonds is 6. The van der Waals surface area contributed by atoms with E-state index in [0.717, 1.165) is 12.4 Å². The summed E-state index contributed by atoms with van der Waals surface area (Å²) in [5.41, 5.74) is 0.177. The number of carbonyl (C=O) groups is 1. The van der Waals surface area contributed by atoms with Crippen molar-refractivity contribution in [2.24, 2.45) is 0 Å². The van der Waals surface area contributed by atoms with Gasteiger partial charge in [0.15, 0.2) is 0 Å². The van der Waals surface area contributed by atoms with Crippen LogP contribution in [0.15, 0.2) is 18.3 Å². The standard InChI is InChI=1S/C13H21N3O2/c1-5-14-11-7-6-10(8-15-11)12(17)16-9-13(2,3)18-4/h6-8H,5,9H2,1-4H3,(H,14,15)(H,16,17). The van der Waals surface area contributed by atoms with E-state index in [2.05, 4.69) is 15.6 Å². The number of pyridine rings is 1. The van der Waals surface area contributed by atoms with E-state index in [9.17, 15) is 4.79 Å². The van der Waals surface area contributed by atoms with Gasteiger partial charge in [-0.05, 0) is 32.9 Å². The summed E-state index contributed by atoms with van der Waals surface area (Å²) in [6, 6.07) is 3.54. The lowest BCUT2D eigenvalue weighted by atomic mass is 10.1. The van der Waals surface area contributed by atoms with Gasteiger partial charge in [-0.15, -0.1) is 0 Å². The topological polar surface area (TPSA) is 63.2 Å². The van der Waals surface area contributed by atoms with Crippen LogP contribution in [0.4, 0.5) is 5.82 Å². The molecule has 1 aromatic heterocycles. The zero-order valence-corrected chi connectivity index (χ0v) is 11.4. The molecule has 0 unspecified atom stereocenters. The number of nitrogens with one attached hydrogen (secondary N) is 2. The molecule has 0 saturated heterocycles. The third-order valence-electron chi connectivity index (χ3n) is 2.61. The molecule has 1 rings (SSSR count). The molecule has 0 aromatic carbocycles. The molecule has 0 aliphatic carbocycles. The summed E-state index contributed by atoms with van der Waals surface area (Å²) in [4.78, 5) is 16.0. The SMILES string of the molecule is CCNc1ccc(C(=O)NCC(C)(C)OC)cn1. The first kappa shape index (κ1) is 14.4. The minimum absolute atomic E-state index is 0.143. The molecule has 2 N–H and O–H groups in total. The van der Waals surface area contributed by atoms with Crippen LogP contribution in [0.1, 0.15) is 31.1 Å². The Morgan fingerprint density at radius 2 is 2.17 bits per heavy atom. The van der Waals surface area contributed by atoms with E-state index in [-0.39, 0.29) is 11.5 Å². The van der Waals surface area contributed by atoms with Gasteiger partial charge in [0.05, 0.1) is 11.2 Å². The Hall–Kier alpha value is -1.62. The summed E-state index contributed by atoms with van der Waals surface area (Å²) >= 11 is 0. The summed E-state index contributed by atoms with van der Waals surface area (Å²) in [6.07, 6.45) is 1.56. The monoisotopic (exact) mass is 251 g/mol. The maximum absolute atomic E-state index is 11.8. The normalized spacial score (nSPS) is 11.1. The van der Waals surface area contributed by atoms with Crippen LogP contribution in [0.3, 0.4) is 0 Å². The zero-order chi connectivity index (χ0) is 13.6. The van der Waals surface area contributed by atoms with Crippen LogP contribution in [0.25, 0.3) is 0 Å². The summed E-state index contributed by atoms with van der Waals surface area (Å²) in [5.74, 6) is 0.627. The second-order valence-corrected chi connectivity index (χ2v) is 4.61. The van der Waals surface area contributed by atoms with Gasteiger partial charge >= 0.3 is 0 Å². The maximum atomic E-state index is 11.8. The number of aromatic nitrogens is 1. The van der Waals surface area contributed by atoms with E-state index in [1.807, 2.05) is 20.8 Å². The van der Waals surface area contributed by atoms with Crippen LogP contribution < -0.4 is 10.6 Å². The molecule has 1 aromatic rings. The molecule has 0 aliphatic heterocycles. The molecule has 0 radical (unpaired) electrons. The van der Waals surface area contributed by atoms with Crippen molar-refractivity contribution in [1.82, 2.24) is 10.3 Å².